The average molecular weight is 271 g/mol. The summed E-state index contributed by atoms with van der Waals surface area (Å²) in [6.45, 7) is 6.03. The van der Waals surface area contributed by atoms with Crippen LogP contribution in [0.2, 0.25) is 0 Å². The van der Waals surface area contributed by atoms with E-state index in [-0.39, 0.29) is 0 Å². The van der Waals surface area contributed by atoms with Crippen molar-refractivity contribution in [2.45, 2.75) is 33.1 Å². The van der Waals surface area contributed by atoms with Crippen LogP contribution >= 0.6 is 0 Å². The number of nitrogens with zero attached hydrogens (tertiary/aromatic N) is 1. The summed E-state index contributed by atoms with van der Waals surface area (Å²) in [6, 6.07) is 10.4. The fourth-order valence-corrected chi connectivity index (χ4v) is 2.70. The first-order valence-electron chi connectivity index (χ1n) is 7.55. The van der Waals surface area contributed by atoms with E-state index in [1.54, 1.807) is 0 Å². The molecule has 0 saturated carbocycles. The Morgan fingerprint density at radius 1 is 1.25 bits per heavy atom. The summed E-state index contributed by atoms with van der Waals surface area (Å²) in [7, 11) is 0. The zero-order valence-electron chi connectivity index (χ0n) is 12.5. The molecule has 0 aliphatic rings. The average Bonchev–Trinajstić information content (AvgIpc) is 2.44. The highest BCUT2D eigenvalue weighted by molar-refractivity contribution is 5.91. The monoisotopic (exact) mass is 271 g/mol. The molecule has 0 fully saturated rings. The van der Waals surface area contributed by atoms with Crippen molar-refractivity contribution in [1.82, 2.24) is 4.98 Å². The molecule has 108 valence electrons. The van der Waals surface area contributed by atoms with Crippen LogP contribution in [0.5, 0.6) is 0 Å². The summed E-state index contributed by atoms with van der Waals surface area (Å²) >= 11 is 0. The molecule has 0 aliphatic carbocycles. The van der Waals surface area contributed by atoms with Crippen LogP contribution in [0.15, 0.2) is 30.3 Å². The Bertz CT molecular complexity index is 545. The van der Waals surface area contributed by atoms with Gasteiger partial charge in [-0.05, 0) is 44.4 Å². The summed E-state index contributed by atoms with van der Waals surface area (Å²) < 4.78 is 0. The van der Waals surface area contributed by atoms with Gasteiger partial charge in [0.25, 0.3) is 0 Å². The van der Waals surface area contributed by atoms with Gasteiger partial charge in [0.15, 0.2) is 0 Å². The molecular weight excluding hydrogens is 246 g/mol. The van der Waals surface area contributed by atoms with Crippen molar-refractivity contribution >= 4 is 16.6 Å². The number of anilines is 1. The lowest BCUT2D eigenvalue weighted by molar-refractivity contribution is 0.473. The highest BCUT2D eigenvalue weighted by atomic mass is 14.9. The van der Waals surface area contributed by atoms with Gasteiger partial charge in [0.05, 0.1) is 5.52 Å². The third kappa shape index (κ3) is 3.70. The molecule has 1 atom stereocenters. The van der Waals surface area contributed by atoms with E-state index in [4.69, 9.17) is 5.73 Å². The molecule has 20 heavy (non-hydrogen) atoms. The van der Waals surface area contributed by atoms with Crippen LogP contribution in [0.4, 0.5) is 5.69 Å². The van der Waals surface area contributed by atoms with Crippen LogP contribution < -0.4 is 11.1 Å². The molecule has 3 heteroatoms. The number of rotatable bonds is 7. The summed E-state index contributed by atoms with van der Waals surface area (Å²) in [5.74, 6) is 0.650. The number of pyridine rings is 1. The van der Waals surface area contributed by atoms with Crippen molar-refractivity contribution in [3.8, 4) is 0 Å². The van der Waals surface area contributed by atoms with E-state index in [1.807, 2.05) is 13.0 Å². The fraction of sp³-hybridized carbons (Fsp3) is 0.471. The molecule has 2 aromatic rings. The van der Waals surface area contributed by atoms with Gasteiger partial charge in [-0.25, -0.2) is 0 Å². The molecule has 3 N–H and O–H groups in total. The first kappa shape index (κ1) is 14.8. The lowest BCUT2D eigenvalue weighted by Gasteiger charge is -2.18. The van der Waals surface area contributed by atoms with Gasteiger partial charge in [0.1, 0.15) is 0 Å². The van der Waals surface area contributed by atoms with E-state index in [2.05, 4.69) is 41.5 Å². The largest absolute Gasteiger partial charge is 0.384 e. The topological polar surface area (TPSA) is 50.9 Å². The Labute approximate surface area is 121 Å². The standard InChI is InChI=1S/C17H25N3/c1-3-6-14(9-10-18)12-19-17-11-13(2)20-16-8-5-4-7-15(16)17/h4-5,7-8,11,14H,3,6,9-10,12,18H2,1-2H3,(H,19,20). The van der Waals surface area contributed by atoms with Gasteiger partial charge in [-0.15, -0.1) is 0 Å². The highest BCUT2D eigenvalue weighted by Gasteiger charge is 2.08. The Morgan fingerprint density at radius 2 is 2.05 bits per heavy atom. The predicted molar refractivity (Wildman–Crippen MR) is 87.0 cm³/mol. The minimum atomic E-state index is 0.650. The Balaban J connectivity index is 2.16. The third-order valence-corrected chi connectivity index (χ3v) is 3.70. The molecule has 1 unspecified atom stereocenters. The van der Waals surface area contributed by atoms with Gasteiger partial charge in [-0.1, -0.05) is 31.5 Å². The van der Waals surface area contributed by atoms with E-state index in [0.717, 1.165) is 30.7 Å². The second kappa shape index (κ2) is 7.25. The van der Waals surface area contributed by atoms with Crippen molar-refractivity contribution in [1.29, 1.82) is 0 Å². The second-order valence-corrected chi connectivity index (χ2v) is 5.44. The smallest absolute Gasteiger partial charge is 0.0725 e. The van der Waals surface area contributed by atoms with Crippen LogP contribution in [-0.2, 0) is 0 Å². The number of benzene rings is 1. The Kier molecular flexibility index (Phi) is 5.36. The number of para-hydroxylation sites is 1. The molecule has 0 saturated heterocycles. The Hall–Kier alpha value is -1.61. The maximum absolute atomic E-state index is 5.71. The van der Waals surface area contributed by atoms with E-state index in [0.29, 0.717) is 5.92 Å². The quantitative estimate of drug-likeness (QED) is 0.807. The van der Waals surface area contributed by atoms with Gasteiger partial charge in [0.2, 0.25) is 0 Å². The van der Waals surface area contributed by atoms with Crippen molar-refractivity contribution in [3.05, 3.63) is 36.0 Å². The molecule has 1 aromatic carbocycles. The zero-order chi connectivity index (χ0) is 14.4. The van der Waals surface area contributed by atoms with Crippen LogP contribution in [0, 0.1) is 12.8 Å². The summed E-state index contributed by atoms with van der Waals surface area (Å²) in [5, 5.41) is 4.80. The molecule has 0 bridgehead atoms. The highest BCUT2D eigenvalue weighted by Crippen LogP contribution is 2.23. The second-order valence-electron chi connectivity index (χ2n) is 5.44. The van der Waals surface area contributed by atoms with Crippen molar-refractivity contribution < 1.29 is 0 Å². The number of aryl methyl sites for hydroxylation is 1. The minimum absolute atomic E-state index is 0.650. The van der Waals surface area contributed by atoms with Crippen LogP contribution in [0.3, 0.4) is 0 Å². The van der Waals surface area contributed by atoms with E-state index in [1.165, 1.54) is 23.9 Å². The number of aromatic nitrogens is 1. The number of fused-ring (bicyclic) bond motifs is 1. The molecular formula is C17H25N3. The number of hydrogen-bond acceptors (Lipinski definition) is 3. The summed E-state index contributed by atoms with van der Waals surface area (Å²) in [6.07, 6.45) is 3.53. The van der Waals surface area contributed by atoms with Crippen molar-refractivity contribution in [2.24, 2.45) is 11.7 Å². The maximum atomic E-state index is 5.71. The molecule has 0 radical (unpaired) electrons. The molecule has 3 nitrogen and oxygen atoms in total. The van der Waals surface area contributed by atoms with E-state index in [9.17, 15) is 0 Å². The van der Waals surface area contributed by atoms with Gasteiger partial charge < -0.3 is 11.1 Å². The number of nitrogens with two attached hydrogens (primary N) is 1. The Morgan fingerprint density at radius 3 is 2.80 bits per heavy atom. The van der Waals surface area contributed by atoms with Crippen LogP contribution in [0.1, 0.15) is 31.9 Å². The van der Waals surface area contributed by atoms with E-state index >= 15 is 0 Å². The number of hydrogen-bond donors (Lipinski definition) is 2. The molecule has 0 amide bonds. The molecule has 0 aliphatic heterocycles. The van der Waals surface area contributed by atoms with Gasteiger partial charge in [-0.3, -0.25) is 4.98 Å². The number of nitrogens with one attached hydrogen (secondary N) is 1. The maximum Gasteiger partial charge on any atom is 0.0725 e. The molecule has 1 aromatic heterocycles. The van der Waals surface area contributed by atoms with Crippen LogP contribution in [0.25, 0.3) is 10.9 Å². The molecule has 1 heterocycles. The van der Waals surface area contributed by atoms with Gasteiger partial charge in [0, 0.05) is 23.3 Å². The lowest BCUT2D eigenvalue weighted by Crippen LogP contribution is -2.18. The van der Waals surface area contributed by atoms with Gasteiger partial charge in [-0.2, -0.15) is 0 Å². The van der Waals surface area contributed by atoms with Crippen molar-refractivity contribution in [3.63, 3.8) is 0 Å². The summed E-state index contributed by atoms with van der Waals surface area (Å²) in [5.41, 5.74) is 9.00. The first-order valence-corrected chi connectivity index (χ1v) is 7.55. The predicted octanol–water partition coefficient (Wildman–Crippen LogP) is 3.72. The lowest BCUT2D eigenvalue weighted by atomic mass is 9.99. The first-order chi connectivity index (χ1) is 9.74. The SMILES string of the molecule is CCCC(CCN)CNc1cc(C)nc2ccccc12. The zero-order valence-corrected chi connectivity index (χ0v) is 12.5. The third-order valence-electron chi connectivity index (χ3n) is 3.70. The minimum Gasteiger partial charge on any atom is -0.384 e. The summed E-state index contributed by atoms with van der Waals surface area (Å²) in [4.78, 5) is 4.58. The molecule has 0 spiro atoms. The van der Waals surface area contributed by atoms with E-state index < -0.39 is 0 Å². The fourth-order valence-electron chi connectivity index (χ4n) is 2.70. The van der Waals surface area contributed by atoms with Crippen LogP contribution in [-0.4, -0.2) is 18.1 Å². The molecule has 2 rings (SSSR count). The normalized spacial score (nSPS) is 12.6. The van der Waals surface area contributed by atoms with Crippen molar-refractivity contribution in [2.75, 3.05) is 18.4 Å². The van der Waals surface area contributed by atoms with Gasteiger partial charge >= 0.3 is 0 Å².